The Morgan fingerprint density at radius 3 is 2.39 bits per heavy atom. The van der Waals surface area contributed by atoms with Crippen molar-refractivity contribution in [1.29, 1.82) is 0 Å². The van der Waals surface area contributed by atoms with Gasteiger partial charge in [-0.05, 0) is 57.6 Å². The first-order valence-electron chi connectivity index (χ1n) is 7.43. The number of carbonyl (C=O) groups is 1. The topological polar surface area (TPSA) is 44.4 Å². The SMILES string of the molecule is CC1=C(C(=O)NC(C)(C)C)[C@@H](c2ccc(F)cc2)NC(=S)N1C. The number of amides is 1. The molecule has 1 aliphatic rings. The lowest BCUT2D eigenvalue weighted by atomic mass is 9.93. The second-order valence-corrected chi connectivity index (χ2v) is 7.08. The number of nitrogens with zero attached hydrogens (tertiary/aromatic N) is 1. The molecule has 4 nitrogen and oxygen atoms in total. The Balaban J connectivity index is 2.48. The van der Waals surface area contributed by atoms with Crippen LogP contribution in [0.2, 0.25) is 0 Å². The van der Waals surface area contributed by atoms with Gasteiger partial charge in [0.05, 0.1) is 11.6 Å². The minimum absolute atomic E-state index is 0.161. The fourth-order valence-corrected chi connectivity index (χ4v) is 2.70. The fourth-order valence-electron chi connectivity index (χ4n) is 2.44. The lowest BCUT2D eigenvalue weighted by Gasteiger charge is -2.36. The van der Waals surface area contributed by atoms with E-state index in [1.807, 2.05) is 34.7 Å². The maximum Gasteiger partial charge on any atom is 0.251 e. The van der Waals surface area contributed by atoms with E-state index >= 15 is 0 Å². The highest BCUT2D eigenvalue weighted by molar-refractivity contribution is 7.80. The summed E-state index contributed by atoms with van der Waals surface area (Å²) in [4.78, 5) is 14.5. The summed E-state index contributed by atoms with van der Waals surface area (Å²) >= 11 is 5.33. The first-order chi connectivity index (χ1) is 10.6. The van der Waals surface area contributed by atoms with E-state index in [0.717, 1.165) is 11.3 Å². The molecule has 6 heteroatoms. The van der Waals surface area contributed by atoms with Crippen molar-refractivity contribution in [2.45, 2.75) is 39.3 Å². The highest BCUT2D eigenvalue weighted by Gasteiger charge is 2.33. The third-order valence-electron chi connectivity index (χ3n) is 3.69. The highest BCUT2D eigenvalue weighted by atomic mass is 32.1. The van der Waals surface area contributed by atoms with E-state index < -0.39 is 6.04 Å². The van der Waals surface area contributed by atoms with Crippen molar-refractivity contribution in [3.63, 3.8) is 0 Å². The van der Waals surface area contributed by atoms with Crippen molar-refractivity contribution in [1.82, 2.24) is 15.5 Å². The first kappa shape index (κ1) is 17.4. The zero-order valence-electron chi connectivity index (χ0n) is 14.0. The molecule has 2 N–H and O–H groups in total. The van der Waals surface area contributed by atoms with Crippen molar-refractivity contribution in [2.24, 2.45) is 0 Å². The lowest BCUT2D eigenvalue weighted by Crippen LogP contribution is -2.50. The number of allylic oxidation sites excluding steroid dienone is 1. The van der Waals surface area contributed by atoms with Crippen LogP contribution in [0.25, 0.3) is 0 Å². The van der Waals surface area contributed by atoms with E-state index in [1.54, 1.807) is 17.0 Å². The monoisotopic (exact) mass is 335 g/mol. The molecule has 1 amide bonds. The molecule has 0 spiro atoms. The first-order valence-corrected chi connectivity index (χ1v) is 7.84. The Bertz CT molecular complexity index is 661. The molecule has 0 aliphatic carbocycles. The third kappa shape index (κ3) is 3.88. The van der Waals surface area contributed by atoms with Gasteiger partial charge in [0.2, 0.25) is 0 Å². The van der Waals surface area contributed by atoms with Gasteiger partial charge in [-0.3, -0.25) is 4.79 Å². The molecule has 0 aromatic heterocycles. The Kier molecular flexibility index (Phi) is 4.75. The van der Waals surface area contributed by atoms with Gasteiger partial charge in [0.1, 0.15) is 5.82 Å². The van der Waals surface area contributed by atoms with Crippen molar-refractivity contribution >= 4 is 23.2 Å². The van der Waals surface area contributed by atoms with Gasteiger partial charge >= 0.3 is 0 Å². The molecule has 1 atom stereocenters. The van der Waals surface area contributed by atoms with E-state index in [9.17, 15) is 9.18 Å². The number of carbonyl (C=O) groups excluding carboxylic acids is 1. The molecule has 124 valence electrons. The lowest BCUT2D eigenvalue weighted by molar-refractivity contribution is -0.119. The van der Waals surface area contributed by atoms with Crippen molar-refractivity contribution in [3.8, 4) is 0 Å². The largest absolute Gasteiger partial charge is 0.351 e. The van der Waals surface area contributed by atoms with Gasteiger partial charge in [-0.1, -0.05) is 12.1 Å². The predicted molar refractivity (Wildman–Crippen MR) is 93.2 cm³/mol. The van der Waals surface area contributed by atoms with Crippen LogP contribution in [0.4, 0.5) is 4.39 Å². The van der Waals surface area contributed by atoms with Crippen LogP contribution in [0.3, 0.4) is 0 Å². The molecule has 23 heavy (non-hydrogen) atoms. The Hall–Kier alpha value is -1.95. The zero-order valence-corrected chi connectivity index (χ0v) is 14.8. The van der Waals surface area contributed by atoms with Crippen LogP contribution < -0.4 is 10.6 Å². The molecule has 0 unspecified atom stereocenters. The molecule has 1 heterocycles. The normalized spacial score (nSPS) is 18.8. The number of halogens is 1. The number of hydrogen-bond donors (Lipinski definition) is 2. The molecule has 2 rings (SSSR count). The van der Waals surface area contributed by atoms with Crippen LogP contribution in [0.15, 0.2) is 35.5 Å². The summed E-state index contributed by atoms with van der Waals surface area (Å²) in [7, 11) is 1.82. The van der Waals surface area contributed by atoms with Crippen LogP contribution in [-0.2, 0) is 4.79 Å². The Labute approximate surface area is 141 Å². The van der Waals surface area contributed by atoms with E-state index in [2.05, 4.69) is 10.6 Å². The third-order valence-corrected chi connectivity index (χ3v) is 4.08. The molecule has 0 saturated carbocycles. The molecule has 1 aliphatic heterocycles. The zero-order chi connectivity index (χ0) is 17.4. The summed E-state index contributed by atoms with van der Waals surface area (Å²) < 4.78 is 13.2. The molecule has 0 fully saturated rings. The number of thiocarbonyl (C=S) groups is 1. The smallest absolute Gasteiger partial charge is 0.251 e. The van der Waals surface area contributed by atoms with Crippen LogP contribution in [-0.4, -0.2) is 28.5 Å². The van der Waals surface area contributed by atoms with Crippen LogP contribution in [0, 0.1) is 5.82 Å². The van der Waals surface area contributed by atoms with Crippen LogP contribution >= 0.6 is 12.2 Å². The Morgan fingerprint density at radius 2 is 1.87 bits per heavy atom. The van der Waals surface area contributed by atoms with Gasteiger partial charge in [-0.2, -0.15) is 0 Å². The second-order valence-electron chi connectivity index (χ2n) is 6.70. The van der Waals surface area contributed by atoms with E-state index in [1.165, 1.54) is 12.1 Å². The molecule has 0 bridgehead atoms. The average Bonchev–Trinajstić information content (AvgIpc) is 2.43. The number of hydrogen-bond acceptors (Lipinski definition) is 2. The predicted octanol–water partition coefficient (Wildman–Crippen LogP) is 2.88. The molecule has 1 aromatic carbocycles. The van der Waals surface area contributed by atoms with Gasteiger partial charge < -0.3 is 15.5 Å². The fraction of sp³-hybridized carbons (Fsp3) is 0.412. The Morgan fingerprint density at radius 1 is 1.30 bits per heavy atom. The van der Waals surface area contributed by atoms with Gasteiger partial charge in [-0.25, -0.2) is 4.39 Å². The minimum Gasteiger partial charge on any atom is -0.351 e. The van der Waals surface area contributed by atoms with Gasteiger partial charge in [0.15, 0.2) is 5.11 Å². The molecular formula is C17H22FN3OS. The standard InChI is InChI=1S/C17H22FN3OS/c1-10-13(15(22)20-17(2,3)4)14(19-16(23)21(10)5)11-6-8-12(18)9-7-11/h6-9,14H,1-5H3,(H,19,23)(H,20,22)/t14-/m1/s1. The molecule has 0 radical (unpaired) electrons. The van der Waals surface area contributed by atoms with E-state index in [4.69, 9.17) is 12.2 Å². The summed E-state index contributed by atoms with van der Waals surface area (Å²) in [5.41, 5.74) is 1.81. The maximum atomic E-state index is 13.2. The van der Waals surface area contributed by atoms with Gasteiger partial charge in [-0.15, -0.1) is 0 Å². The summed E-state index contributed by atoms with van der Waals surface area (Å²) in [6, 6.07) is 5.69. The highest BCUT2D eigenvalue weighted by Crippen LogP contribution is 2.30. The van der Waals surface area contributed by atoms with Crippen molar-refractivity contribution < 1.29 is 9.18 Å². The van der Waals surface area contributed by atoms with E-state index in [-0.39, 0.29) is 17.3 Å². The van der Waals surface area contributed by atoms with Crippen LogP contribution in [0.5, 0.6) is 0 Å². The van der Waals surface area contributed by atoms with Crippen LogP contribution in [0.1, 0.15) is 39.3 Å². The quantitative estimate of drug-likeness (QED) is 0.816. The van der Waals surface area contributed by atoms with Gasteiger partial charge in [0.25, 0.3) is 5.91 Å². The molecule has 0 saturated heterocycles. The van der Waals surface area contributed by atoms with Crippen molar-refractivity contribution in [3.05, 3.63) is 46.9 Å². The minimum atomic E-state index is -0.401. The number of rotatable bonds is 2. The average molecular weight is 335 g/mol. The second kappa shape index (κ2) is 6.28. The van der Waals surface area contributed by atoms with Gasteiger partial charge in [0, 0.05) is 18.3 Å². The van der Waals surface area contributed by atoms with E-state index in [0.29, 0.717) is 10.7 Å². The van der Waals surface area contributed by atoms with Crippen molar-refractivity contribution in [2.75, 3.05) is 7.05 Å². The summed E-state index contributed by atoms with van der Waals surface area (Å²) in [5, 5.41) is 6.68. The summed E-state index contributed by atoms with van der Waals surface area (Å²) in [6.45, 7) is 7.65. The summed E-state index contributed by atoms with van der Waals surface area (Å²) in [6.07, 6.45) is 0. The number of nitrogens with one attached hydrogen (secondary N) is 2. The maximum absolute atomic E-state index is 13.2. The number of benzene rings is 1. The molecule has 1 aromatic rings. The molecular weight excluding hydrogens is 313 g/mol. The summed E-state index contributed by atoms with van der Waals surface area (Å²) in [5.74, 6) is -0.475.